The number of hydrogen-bond donors (Lipinski definition) is 1. The third-order valence-corrected chi connectivity index (χ3v) is 4.67. The monoisotopic (exact) mass is 355 g/mol. The van der Waals surface area contributed by atoms with Crippen LogP contribution in [0.4, 0.5) is 0 Å². The fourth-order valence-electron chi connectivity index (χ4n) is 3.28. The van der Waals surface area contributed by atoms with Gasteiger partial charge in [0.1, 0.15) is 0 Å². The lowest BCUT2D eigenvalue weighted by molar-refractivity contribution is 0.0907. The molecule has 1 fully saturated rings. The Hall–Kier alpha value is -2.34. The molecule has 6 heteroatoms. The van der Waals surface area contributed by atoms with Gasteiger partial charge in [0.05, 0.1) is 13.2 Å². The second kappa shape index (κ2) is 9.97. The molecule has 1 atom stereocenters. The highest BCUT2D eigenvalue weighted by Crippen LogP contribution is 2.17. The van der Waals surface area contributed by atoms with Crippen molar-refractivity contribution < 1.29 is 4.74 Å². The van der Waals surface area contributed by atoms with Crippen molar-refractivity contribution in [2.45, 2.75) is 26.0 Å². The number of nitrogens with zero attached hydrogens (tertiary/aromatic N) is 4. The summed E-state index contributed by atoms with van der Waals surface area (Å²) in [4.78, 5) is 6.77. The molecule has 0 spiro atoms. The number of nitrogens with one attached hydrogen (secondary N) is 1. The topological polar surface area (TPSA) is 54.7 Å². The zero-order valence-electron chi connectivity index (χ0n) is 15.6. The Morgan fingerprint density at radius 1 is 1.31 bits per heavy atom. The van der Waals surface area contributed by atoms with Gasteiger partial charge in [-0.3, -0.25) is 9.67 Å². The molecule has 140 valence electrons. The van der Waals surface area contributed by atoms with Crippen molar-refractivity contribution in [1.82, 2.24) is 20.0 Å². The summed E-state index contributed by atoms with van der Waals surface area (Å²) < 4.78 is 7.87. The van der Waals surface area contributed by atoms with Crippen molar-refractivity contribution in [2.75, 3.05) is 33.3 Å². The summed E-state index contributed by atoms with van der Waals surface area (Å²) in [6.07, 6.45) is 5.99. The first-order chi connectivity index (χ1) is 12.8. The van der Waals surface area contributed by atoms with Crippen LogP contribution in [0.1, 0.15) is 18.4 Å². The van der Waals surface area contributed by atoms with Gasteiger partial charge in [-0.2, -0.15) is 5.10 Å². The molecular formula is C20H29N5O. The second-order valence-electron chi connectivity index (χ2n) is 6.70. The first-order valence-corrected chi connectivity index (χ1v) is 9.40. The van der Waals surface area contributed by atoms with E-state index >= 15 is 0 Å². The van der Waals surface area contributed by atoms with Crippen LogP contribution in [0.25, 0.3) is 0 Å². The molecule has 26 heavy (non-hydrogen) atoms. The molecule has 0 bridgehead atoms. The zero-order chi connectivity index (χ0) is 18.0. The Bertz CT molecular complexity index is 656. The molecule has 1 saturated heterocycles. The molecule has 1 aliphatic heterocycles. The van der Waals surface area contributed by atoms with Crippen molar-refractivity contribution in [1.29, 1.82) is 0 Å². The molecule has 6 nitrogen and oxygen atoms in total. The van der Waals surface area contributed by atoms with Gasteiger partial charge >= 0.3 is 0 Å². The summed E-state index contributed by atoms with van der Waals surface area (Å²) in [6, 6.07) is 12.3. The minimum Gasteiger partial charge on any atom is -0.376 e. The Morgan fingerprint density at radius 3 is 2.96 bits per heavy atom. The maximum Gasteiger partial charge on any atom is 0.193 e. The number of guanidine groups is 1. The first kappa shape index (κ1) is 18.5. The smallest absolute Gasteiger partial charge is 0.193 e. The largest absolute Gasteiger partial charge is 0.376 e. The molecule has 1 aliphatic rings. The van der Waals surface area contributed by atoms with Crippen LogP contribution in [0.5, 0.6) is 0 Å². The summed E-state index contributed by atoms with van der Waals surface area (Å²) in [5, 5.41) is 7.70. The van der Waals surface area contributed by atoms with Crippen LogP contribution in [0.15, 0.2) is 53.8 Å². The van der Waals surface area contributed by atoms with Crippen LogP contribution >= 0.6 is 0 Å². The summed E-state index contributed by atoms with van der Waals surface area (Å²) in [5.41, 5.74) is 1.23. The van der Waals surface area contributed by atoms with E-state index in [4.69, 9.17) is 4.74 Å². The molecule has 3 rings (SSSR count). The van der Waals surface area contributed by atoms with Crippen LogP contribution in [0, 0.1) is 5.92 Å². The van der Waals surface area contributed by atoms with E-state index in [1.165, 1.54) is 5.56 Å². The van der Waals surface area contributed by atoms with Crippen LogP contribution in [0.3, 0.4) is 0 Å². The van der Waals surface area contributed by atoms with Crippen molar-refractivity contribution in [3.63, 3.8) is 0 Å². The van der Waals surface area contributed by atoms with Gasteiger partial charge in [-0.1, -0.05) is 30.3 Å². The Labute approximate surface area is 155 Å². The number of aryl methyl sites for hydroxylation is 1. The highest BCUT2D eigenvalue weighted by molar-refractivity contribution is 5.80. The van der Waals surface area contributed by atoms with Gasteiger partial charge in [-0.15, -0.1) is 0 Å². The van der Waals surface area contributed by atoms with E-state index in [1.54, 1.807) is 0 Å². The number of aliphatic imine (C=N–C) groups is 1. The average Bonchev–Trinajstić information content (AvgIpc) is 3.35. The van der Waals surface area contributed by atoms with Crippen LogP contribution in [0.2, 0.25) is 0 Å². The summed E-state index contributed by atoms with van der Waals surface area (Å²) in [5.74, 6) is 1.57. The first-order valence-electron chi connectivity index (χ1n) is 9.40. The SMILES string of the molecule is CN=C(NCCCn1cccn1)N1CCC(COCc2ccccc2)C1. The molecule has 1 N–H and O–H groups in total. The molecule has 0 radical (unpaired) electrons. The lowest BCUT2D eigenvalue weighted by atomic mass is 10.1. The molecule has 1 aromatic carbocycles. The lowest BCUT2D eigenvalue weighted by Crippen LogP contribution is -2.40. The third kappa shape index (κ3) is 5.59. The maximum atomic E-state index is 5.91. The zero-order valence-corrected chi connectivity index (χ0v) is 15.6. The molecule has 1 aromatic heterocycles. The lowest BCUT2D eigenvalue weighted by Gasteiger charge is -2.21. The number of ether oxygens (including phenoxy) is 1. The van der Waals surface area contributed by atoms with E-state index in [-0.39, 0.29) is 0 Å². The predicted octanol–water partition coefficient (Wildman–Crippen LogP) is 2.39. The van der Waals surface area contributed by atoms with Crippen molar-refractivity contribution in [2.24, 2.45) is 10.9 Å². The van der Waals surface area contributed by atoms with E-state index in [9.17, 15) is 0 Å². The second-order valence-corrected chi connectivity index (χ2v) is 6.70. The van der Waals surface area contributed by atoms with E-state index in [0.29, 0.717) is 12.5 Å². The van der Waals surface area contributed by atoms with E-state index in [1.807, 2.05) is 36.3 Å². The van der Waals surface area contributed by atoms with Gasteiger partial charge < -0.3 is 15.0 Å². The number of aromatic nitrogens is 2. The molecule has 1 unspecified atom stereocenters. The Kier molecular flexibility index (Phi) is 7.07. The van der Waals surface area contributed by atoms with Crippen LogP contribution in [-0.2, 0) is 17.9 Å². The van der Waals surface area contributed by atoms with Crippen LogP contribution < -0.4 is 5.32 Å². The number of hydrogen-bond acceptors (Lipinski definition) is 3. The molecule has 2 heterocycles. The Morgan fingerprint density at radius 2 is 2.19 bits per heavy atom. The van der Waals surface area contributed by atoms with E-state index < -0.39 is 0 Å². The summed E-state index contributed by atoms with van der Waals surface area (Å²) >= 11 is 0. The van der Waals surface area contributed by atoms with Gasteiger partial charge in [0.25, 0.3) is 0 Å². The number of benzene rings is 1. The van der Waals surface area contributed by atoms with Crippen molar-refractivity contribution in [3.8, 4) is 0 Å². The highest BCUT2D eigenvalue weighted by Gasteiger charge is 2.24. The molecular weight excluding hydrogens is 326 g/mol. The van der Waals surface area contributed by atoms with Gasteiger partial charge in [0.15, 0.2) is 5.96 Å². The summed E-state index contributed by atoms with van der Waals surface area (Å²) in [7, 11) is 1.86. The molecule has 2 aromatic rings. The fourth-order valence-corrected chi connectivity index (χ4v) is 3.28. The minimum absolute atomic E-state index is 0.571. The summed E-state index contributed by atoms with van der Waals surface area (Å²) in [6.45, 7) is 5.37. The van der Waals surface area contributed by atoms with Gasteiger partial charge in [0, 0.05) is 51.5 Å². The molecule has 0 amide bonds. The standard InChI is InChI=1S/C20H29N5O/c1-21-20(22-10-5-12-25-13-6-11-23-25)24-14-9-19(15-24)17-26-16-18-7-3-2-4-8-18/h2-4,6-8,11,13,19H,5,9-10,12,14-17H2,1H3,(H,21,22). The van der Waals surface area contributed by atoms with Crippen LogP contribution in [-0.4, -0.2) is 53.9 Å². The number of rotatable bonds is 8. The average molecular weight is 355 g/mol. The normalized spacial score (nSPS) is 17.7. The van der Waals surface area contributed by atoms with E-state index in [0.717, 1.165) is 51.6 Å². The Balaban J connectivity index is 1.33. The third-order valence-electron chi connectivity index (χ3n) is 4.67. The predicted molar refractivity (Wildman–Crippen MR) is 104 cm³/mol. The quantitative estimate of drug-likeness (QED) is 0.449. The highest BCUT2D eigenvalue weighted by atomic mass is 16.5. The molecule has 0 saturated carbocycles. The van der Waals surface area contributed by atoms with Gasteiger partial charge in [-0.05, 0) is 24.5 Å². The molecule has 0 aliphatic carbocycles. The van der Waals surface area contributed by atoms with Gasteiger partial charge in [0.2, 0.25) is 0 Å². The van der Waals surface area contributed by atoms with Gasteiger partial charge in [-0.25, -0.2) is 0 Å². The van der Waals surface area contributed by atoms with E-state index in [2.05, 4.69) is 44.6 Å². The fraction of sp³-hybridized carbons (Fsp3) is 0.500. The van der Waals surface area contributed by atoms with Crippen molar-refractivity contribution in [3.05, 3.63) is 54.4 Å². The number of likely N-dealkylation sites (tertiary alicyclic amines) is 1. The van der Waals surface area contributed by atoms with Crippen molar-refractivity contribution >= 4 is 5.96 Å². The minimum atomic E-state index is 0.571. The maximum absolute atomic E-state index is 5.91.